The van der Waals surface area contributed by atoms with Crippen LogP contribution in [-0.4, -0.2) is 41.1 Å². The summed E-state index contributed by atoms with van der Waals surface area (Å²) in [4.78, 5) is 0. The first kappa shape index (κ1) is 67.5. The van der Waals surface area contributed by atoms with E-state index >= 15 is 0 Å². The molecule has 0 fully saturated rings. The molecular weight excluding hydrogens is 1460 g/mol. The fourth-order valence-corrected chi connectivity index (χ4v) is 20.7. The summed E-state index contributed by atoms with van der Waals surface area (Å²) in [6.07, 6.45) is 0. The van der Waals surface area contributed by atoms with Crippen molar-refractivity contribution >= 4 is 196 Å². The molecule has 0 amide bonds. The SMILES string of the molecule is Cn1c2ccccc2c2cc(-n3c4ccccc4c4cc(-n5c6ccccc6c6ccccc65)ccc43)ccc21.Cn1c2ccccc2c2ccc(-n3c4ccccc4c4cc(-n5c6ccccc6c6ccccc65)ccc43)cc21.Cn1c2ccccc2c2cccc(-n3c4ccccc4c4cc(-n5c6ccccc6c6ccccc65)ccc43)c21. The van der Waals surface area contributed by atoms with Gasteiger partial charge >= 0.3 is 0 Å². The summed E-state index contributed by atoms with van der Waals surface area (Å²) in [6, 6.07) is 146. The van der Waals surface area contributed by atoms with E-state index < -0.39 is 0 Å². The first-order valence-electron chi connectivity index (χ1n) is 41.3. The van der Waals surface area contributed by atoms with Crippen LogP contribution in [0.2, 0.25) is 0 Å². The van der Waals surface area contributed by atoms with Crippen LogP contribution >= 0.6 is 0 Å². The lowest BCUT2D eigenvalue weighted by Crippen LogP contribution is -1.99. The maximum atomic E-state index is 2.45. The van der Waals surface area contributed by atoms with Gasteiger partial charge in [-0.15, -0.1) is 0 Å². The Labute approximate surface area is 688 Å². The van der Waals surface area contributed by atoms with Crippen LogP contribution in [0.1, 0.15) is 0 Å². The molecule has 9 aromatic heterocycles. The third kappa shape index (κ3) is 9.77. The number of benzene rings is 18. The van der Waals surface area contributed by atoms with E-state index in [4.69, 9.17) is 0 Å². The molecule has 27 aromatic rings. The molecule has 0 aliphatic carbocycles. The third-order valence-electron chi connectivity index (χ3n) is 25.9. The molecule has 9 heterocycles. The smallest absolute Gasteiger partial charge is 0.0733 e. The van der Waals surface area contributed by atoms with Crippen molar-refractivity contribution in [3.63, 3.8) is 0 Å². The number of nitrogens with zero attached hydrogens (tertiary/aromatic N) is 9. The quantitative estimate of drug-likeness (QED) is 0.159. The second kappa shape index (κ2) is 26.1. The highest BCUT2D eigenvalue weighted by molar-refractivity contribution is 6.19. The molecule has 0 atom stereocenters. The Balaban J connectivity index is 0.0000000997. The average molecular weight is 1530 g/mol. The Hall–Kier alpha value is -15.8. The Morgan fingerprint density at radius 3 is 0.658 bits per heavy atom. The highest BCUT2D eigenvalue weighted by Gasteiger charge is 2.24. The molecule has 0 spiro atoms. The minimum atomic E-state index is 1.18. The fourth-order valence-electron chi connectivity index (χ4n) is 20.7. The molecule has 0 aliphatic heterocycles. The van der Waals surface area contributed by atoms with Gasteiger partial charge in [-0.2, -0.15) is 0 Å². The maximum Gasteiger partial charge on any atom is 0.0733 e. The number of rotatable bonds is 6. The summed E-state index contributed by atoms with van der Waals surface area (Å²) in [5.41, 5.74) is 29.3. The molecule has 0 unspecified atom stereocenters. The van der Waals surface area contributed by atoms with Gasteiger partial charge in [0.1, 0.15) is 0 Å². The van der Waals surface area contributed by atoms with E-state index in [1.54, 1.807) is 0 Å². The maximum absolute atomic E-state index is 2.45. The number of para-hydroxylation sites is 13. The van der Waals surface area contributed by atoms with Gasteiger partial charge in [-0.25, -0.2) is 0 Å². The van der Waals surface area contributed by atoms with E-state index in [1.807, 2.05) is 0 Å². The van der Waals surface area contributed by atoms with Crippen molar-refractivity contribution in [2.75, 3.05) is 0 Å². The summed E-state index contributed by atoms with van der Waals surface area (Å²) in [7, 11) is 6.50. The van der Waals surface area contributed by atoms with Crippen LogP contribution in [0, 0.1) is 0 Å². The van der Waals surface area contributed by atoms with Gasteiger partial charge < -0.3 is 41.1 Å². The summed E-state index contributed by atoms with van der Waals surface area (Å²) < 4.78 is 21.4. The van der Waals surface area contributed by atoms with Gasteiger partial charge in [-0.3, -0.25) is 0 Å². The summed E-state index contributed by atoms with van der Waals surface area (Å²) >= 11 is 0. The van der Waals surface area contributed by atoms with Gasteiger partial charge in [-0.05, 0) is 164 Å². The summed E-state index contributed by atoms with van der Waals surface area (Å²) in [6.45, 7) is 0. The van der Waals surface area contributed by atoms with Crippen LogP contribution < -0.4 is 0 Å². The van der Waals surface area contributed by atoms with Gasteiger partial charge in [0.15, 0.2) is 0 Å². The standard InChI is InChI=1S/3C37H25N3/c1-38-31-16-6-2-13-27(31)29-15-10-20-36(37(29)38)40-34-19-9-5-14-28(34)30-23-24(21-22-35(30)40)39-32-17-7-3-11-25(32)26-12-4-8-18-33(26)39;1-38-32-14-6-2-12-28(32)30-22-24(18-20-33(30)38)40-36-17-9-5-13-29(36)31-23-25(19-21-37(31)40)39-34-15-7-3-10-26(34)27-11-4-8-16-35(27)39;1-38-32-14-6-2-10-26(32)30-20-18-25(23-37(30)38)40-35-17-9-5-13-29(35)31-22-24(19-21-36(31)40)39-33-15-7-3-11-27(33)28-12-4-8-16-34(28)39/h3*2-23H,1H3. The van der Waals surface area contributed by atoms with E-state index in [9.17, 15) is 0 Å². The Bertz CT molecular complexity index is 8820. The first-order valence-corrected chi connectivity index (χ1v) is 41.3. The normalized spacial score (nSPS) is 12.1. The number of hydrogen-bond donors (Lipinski definition) is 0. The molecule has 27 rings (SSSR count). The number of aromatic nitrogens is 9. The highest BCUT2D eigenvalue weighted by atomic mass is 15.1. The predicted octanol–water partition coefficient (Wildman–Crippen LogP) is 28.6. The molecule has 9 heteroatoms. The van der Waals surface area contributed by atoms with Gasteiger partial charge in [0.05, 0.1) is 82.9 Å². The van der Waals surface area contributed by atoms with Gasteiger partial charge in [-0.1, -0.05) is 237 Å². The molecule has 0 N–H and O–H groups in total. The third-order valence-corrected chi connectivity index (χ3v) is 25.9. The van der Waals surface area contributed by atoms with Crippen LogP contribution in [0.5, 0.6) is 0 Å². The van der Waals surface area contributed by atoms with Crippen LogP contribution in [0.25, 0.3) is 230 Å². The Morgan fingerprint density at radius 2 is 0.317 bits per heavy atom. The van der Waals surface area contributed by atoms with Crippen molar-refractivity contribution < 1.29 is 0 Å². The van der Waals surface area contributed by atoms with Crippen molar-refractivity contribution in [1.29, 1.82) is 0 Å². The van der Waals surface area contributed by atoms with Crippen LogP contribution in [0.15, 0.2) is 400 Å². The number of hydrogen-bond acceptors (Lipinski definition) is 0. The molecule has 9 nitrogen and oxygen atoms in total. The lowest BCUT2D eigenvalue weighted by Gasteiger charge is -2.12. The Morgan fingerprint density at radius 1 is 0.125 bits per heavy atom. The van der Waals surface area contributed by atoms with Crippen LogP contribution in [0.4, 0.5) is 0 Å². The highest BCUT2D eigenvalue weighted by Crippen LogP contribution is 2.45. The second-order valence-corrected chi connectivity index (χ2v) is 32.1. The molecule has 18 aromatic carbocycles. The van der Waals surface area contributed by atoms with E-state index in [-0.39, 0.29) is 0 Å². The van der Waals surface area contributed by atoms with E-state index in [1.165, 1.54) is 230 Å². The fraction of sp³-hybridized carbons (Fsp3) is 0.0270. The molecule has 564 valence electrons. The van der Waals surface area contributed by atoms with Crippen molar-refractivity contribution in [3.8, 4) is 34.1 Å². The number of fused-ring (bicyclic) bond motifs is 27. The molecular formula is C111H75N9. The first-order chi connectivity index (χ1) is 59.3. The van der Waals surface area contributed by atoms with Crippen LogP contribution in [0.3, 0.4) is 0 Å². The zero-order valence-electron chi connectivity index (χ0n) is 66.1. The van der Waals surface area contributed by atoms with Crippen molar-refractivity contribution in [2.45, 2.75) is 0 Å². The lowest BCUT2D eigenvalue weighted by molar-refractivity contribution is 1.00. The van der Waals surface area contributed by atoms with E-state index in [0.29, 0.717) is 0 Å². The minimum absolute atomic E-state index is 1.18. The summed E-state index contributed by atoms with van der Waals surface area (Å²) in [5, 5.41) is 23.0. The largest absolute Gasteiger partial charge is 0.344 e. The Kier molecular flexibility index (Phi) is 14.7. The summed E-state index contributed by atoms with van der Waals surface area (Å²) in [5.74, 6) is 0. The topological polar surface area (TPSA) is 44.4 Å². The van der Waals surface area contributed by atoms with E-state index in [2.05, 4.69) is 463 Å². The number of aryl methyl sites for hydroxylation is 3. The second-order valence-electron chi connectivity index (χ2n) is 32.1. The van der Waals surface area contributed by atoms with Gasteiger partial charge in [0.25, 0.3) is 0 Å². The molecule has 0 aliphatic rings. The van der Waals surface area contributed by atoms with Crippen LogP contribution in [-0.2, 0) is 21.1 Å². The molecule has 0 radical (unpaired) electrons. The van der Waals surface area contributed by atoms with Gasteiger partial charge in [0.2, 0.25) is 0 Å². The van der Waals surface area contributed by atoms with Crippen molar-refractivity contribution in [1.82, 2.24) is 41.1 Å². The zero-order chi connectivity index (χ0) is 79.1. The molecule has 0 bridgehead atoms. The average Bonchev–Trinajstić information content (AvgIpc) is 1.60. The molecule has 120 heavy (non-hydrogen) atoms. The lowest BCUT2D eigenvalue weighted by atomic mass is 10.1. The monoisotopic (exact) mass is 1530 g/mol. The van der Waals surface area contributed by atoms with Crippen molar-refractivity contribution in [3.05, 3.63) is 400 Å². The molecule has 0 saturated heterocycles. The van der Waals surface area contributed by atoms with Gasteiger partial charge in [0, 0.05) is 169 Å². The minimum Gasteiger partial charge on any atom is -0.344 e. The predicted molar refractivity (Wildman–Crippen MR) is 507 cm³/mol. The molecule has 0 saturated carbocycles. The van der Waals surface area contributed by atoms with E-state index in [0.717, 1.165) is 0 Å². The zero-order valence-corrected chi connectivity index (χ0v) is 66.1. The van der Waals surface area contributed by atoms with Crippen molar-refractivity contribution in [2.24, 2.45) is 21.1 Å².